The minimum absolute atomic E-state index is 0.0203. The Hall–Kier alpha value is -3.04. The summed E-state index contributed by atoms with van der Waals surface area (Å²) in [6, 6.07) is 16.8. The SMILES string of the molecule is CC[C@]12O[C@](S)(C[C@@H](NC)[C@H]1OC)n1c3ccccc3c3c4c(c5c6ccccc6n2c5c31)CNC4=O. The van der Waals surface area contributed by atoms with Crippen molar-refractivity contribution in [2.45, 2.75) is 49.2 Å². The van der Waals surface area contributed by atoms with Gasteiger partial charge in [0, 0.05) is 47.7 Å². The second-order valence-corrected chi connectivity index (χ2v) is 11.2. The molecule has 2 aromatic heterocycles. The van der Waals surface area contributed by atoms with E-state index in [2.05, 4.69) is 63.1 Å². The largest absolute Gasteiger partial charge is 0.375 e. The van der Waals surface area contributed by atoms with Crippen molar-refractivity contribution in [3.63, 3.8) is 0 Å². The Morgan fingerprint density at radius 2 is 1.73 bits per heavy atom. The Kier molecular flexibility index (Phi) is 4.21. The third-order valence-electron chi connectivity index (χ3n) is 8.98. The van der Waals surface area contributed by atoms with Crippen molar-refractivity contribution in [1.82, 2.24) is 19.8 Å². The molecule has 3 aromatic carbocycles. The van der Waals surface area contributed by atoms with Crippen molar-refractivity contribution < 1.29 is 14.3 Å². The Morgan fingerprint density at radius 3 is 2.41 bits per heavy atom. The van der Waals surface area contributed by atoms with Crippen LogP contribution in [-0.2, 0) is 26.8 Å². The van der Waals surface area contributed by atoms with Gasteiger partial charge in [-0.05, 0) is 31.2 Å². The van der Waals surface area contributed by atoms with Gasteiger partial charge >= 0.3 is 0 Å². The predicted molar refractivity (Wildman–Crippen MR) is 148 cm³/mol. The topological polar surface area (TPSA) is 69.5 Å². The molecular formula is C29H28N4O3S. The maximum absolute atomic E-state index is 13.4. The number of carbonyl (C=O) groups is 1. The van der Waals surface area contributed by atoms with Gasteiger partial charge in [-0.1, -0.05) is 43.3 Å². The first-order chi connectivity index (χ1) is 18.0. The van der Waals surface area contributed by atoms with Crippen molar-refractivity contribution >= 4 is 62.1 Å². The lowest BCUT2D eigenvalue weighted by atomic mass is 9.89. The highest BCUT2D eigenvalue weighted by molar-refractivity contribution is 7.80. The molecule has 4 atom stereocenters. The van der Waals surface area contributed by atoms with E-state index >= 15 is 0 Å². The van der Waals surface area contributed by atoms with Gasteiger partial charge in [0.15, 0.2) is 10.8 Å². The fourth-order valence-corrected chi connectivity index (χ4v) is 8.20. The molecule has 7 nitrogen and oxygen atoms in total. The maximum Gasteiger partial charge on any atom is 0.252 e. The average molecular weight is 513 g/mol. The van der Waals surface area contributed by atoms with Crippen LogP contribution in [0.4, 0.5) is 0 Å². The van der Waals surface area contributed by atoms with Gasteiger partial charge in [0.2, 0.25) is 0 Å². The first kappa shape index (κ1) is 22.0. The van der Waals surface area contributed by atoms with Gasteiger partial charge in [-0.25, -0.2) is 0 Å². The van der Waals surface area contributed by atoms with Crippen molar-refractivity contribution in [3.8, 4) is 0 Å². The molecule has 8 rings (SSSR count). The highest BCUT2D eigenvalue weighted by Crippen LogP contribution is 2.57. The van der Waals surface area contributed by atoms with E-state index in [0.717, 1.165) is 54.7 Å². The van der Waals surface area contributed by atoms with Crippen LogP contribution in [0.5, 0.6) is 0 Å². The molecule has 3 aliphatic heterocycles. The van der Waals surface area contributed by atoms with Crippen LogP contribution in [0.3, 0.4) is 0 Å². The molecule has 3 aliphatic rings. The summed E-state index contributed by atoms with van der Waals surface area (Å²) in [5.74, 6) is -0.0222. The lowest BCUT2D eigenvalue weighted by Gasteiger charge is -2.53. The van der Waals surface area contributed by atoms with Gasteiger partial charge in [0.1, 0.15) is 6.10 Å². The zero-order valence-corrected chi connectivity index (χ0v) is 21.9. The number of para-hydroxylation sites is 2. The standard InChI is InChI=1S/C29H28N4O3S/c1-4-28-26(35-3)18(30-2)13-29(37,36-28)33-20-12-8-6-10-16(20)22-23-17(14-31-27(23)34)21-15-9-5-7-11-19(15)32(28)24(21)25(22)33/h5-12,18,26,30,37H,4,13-14H2,1-3H3,(H,31,34)/t18-,26-,28+,29+/m1/s1. The summed E-state index contributed by atoms with van der Waals surface area (Å²) in [7, 11) is 3.75. The number of methoxy groups -OCH3 is 1. The van der Waals surface area contributed by atoms with E-state index in [1.807, 2.05) is 19.2 Å². The monoisotopic (exact) mass is 512 g/mol. The van der Waals surface area contributed by atoms with Crippen molar-refractivity contribution in [2.24, 2.45) is 0 Å². The Morgan fingerprint density at radius 1 is 1.08 bits per heavy atom. The third-order valence-corrected chi connectivity index (χ3v) is 9.45. The summed E-state index contributed by atoms with van der Waals surface area (Å²) in [6.07, 6.45) is 1.01. The molecule has 2 bridgehead atoms. The molecule has 8 heteroatoms. The summed E-state index contributed by atoms with van der Waals surface area (Å²) in [5, 5.41) is 9.92. The van der Waals surface area contributed by atoms with Gasteiger partial charge in [-0.2, -0.15) is 0 Å². The number of fused-ring (bicyclic) bond motifs is 13. The number of carbonyl (C=O) groups excluding carboxylic acids is 1. The van der Waals surface area contributed by atoms with Gasteiger partial charge < -0.3 is 29.2 Å². The van der Waals surface area contributed by atoms with Crippen LogP contribution >= 0.6 is 12.6 Å². The number of thiol groups is 1. The number of nitrogens with zero attached hydrogens (tertiary/aromatic N) is 2. The summed E-state index contributed by atoms with van der Waals surface area (Å²) in [4.78, 5) is 13.4. The molecular weight excluding hydrogens is 484 g/mol. The van der Waals surface area contributed by atoms with Crippen LogP contribution in [0, 0.1) is 0 Å². The summed E-state index contributed by atoms with van der Waals surface area (Å²) in [5.41, 5.74) is 5.16. The number of hydrogen-bond acceptors (Lipinski definition) is 5. The molecule has 0 radical (unpaired) electrons. The summed E-state index contributed by atoms with van der Waals surface area (Å²) in [6.45, 7) is 2.67. The van der Waals surface area contributed by atoms with E-state index in [4.69, 9.17) is 22.1 Å². The molecule has 0 unspecified atom stereocenters. The van der Waals surface area contributed by atoms with Crippen molar-refractivity contribution in [1.29, 1.82) is 0 Å². The van der Waals surface area contributed by atoms with E-state index in [-0.39, 0.29) is 18.1 Å². The molecule has 1 fully saturated rings. The molecule has 188 valence electrons. The van der Waals surface area contributed by atoms with Crippen LogP contribution < -0.4 is 10.6 Å². The molecule has 37 heavy (non-hydrogen) atoms. The zero-order chi connectivity index (χ0) is 25.3. The number of nitrogens with one attached hydrogen (secondary N) is 2. The van der Waals surface area contributed by atoms with Crippen molar-refractivity contribution in [2.75, 3.05) is 14.2 Å². The predicted octanol–water partition coefficient (Wildman–Crippen LogP) is 4.79. The molecule has 5 aromatic rings. The van der Waals surface area contributed by atoms with Gasteiger partial charge in [0.05, 0.1) is 27.6 Å². The maximum atomic E-state index is 13.4. The van der Waals surface area contributed by atoms with E-state index in [9.17, 15) is 4.79 Å². The quantitative estimate of drug-likeness (QED) is 0.304. The molecule has 0 spiro atoms. The smallest absolute Gasteiger partial charge is 0.252 e. The number of rotatable bonds is 3. The van der Waals surface area contributed by atoms with Crippen LogP contribution in [-0.4, -0.2) is 41.3 Å². The molecule has 0 saturated carbocycles. The highest BCUT2D eigenvalue weighted by Gasteiger charge is 2.59. The third kappa shape index (κ3) is 2.35. The lowest BCUT2D eigenvalue weighted by Crippen LogP contribution is -2.64. The second-order valence-electron chi connectivity index (χ2n) is 10.5. The number of hydrogen-bond donors (Lipinski definition) is 3. The molecule has 1 saturated heterocycles. The number of benzene rings is 3. The fourth-order valence-electron chi connectivity index (χ4n) is 7.64. The van der Waals surface area contributed by atoms with Crippen LogP contribution in [0.2, 0.25) is 0 Å². The first-order valence-electron chi connectivity index (χ1n) is 12.9. The minimum Gasteiger partial charge on any atom is -0.375 e. The Balaban J connectivity index is 1.75. The van der Waals surface area contributed by atoms with E-state index < -0.39 is 10.8 Å². The minimum atomic E-state index is -0.976. The van der Waals surface area contributed by atoms with Gasteiger partial charge in [-0.15, -0.1) is 12.6 Å². The first-order valence-corrected chi connectivity index (χ1v) is 13.4. The molecule has 5 heterocycles. The van der Waals surface area contributed by atoms with Crippen LogP contribution in [0.15, 0.2) is 48.5 Å². The van der Waals surface area contributed by atoms with Crippen molar-refractivity contribution in [3.05, 3.63) is 59.7 Å². The van der Waals surface area contributed by atoms with E-state index in [1.165, 1.54) is 0 Å². The Labute approximate surface area is 219 Å². The lowest BCUT2D eigenvalue weighted by molar-refractivity contribution is -0.280. The number of amides is 1. The summed E-state index contributed by atoms with van der Waals surface area (Å²) >= 11 is 5.37. The van der Waals surface area contributed by atoms with Crippen LogP contribution in [0.25, 0.3) is 43.6 Å². The second kappa shape index (κ2) is 7.08. The fraction of sp³-hybridized carbons (Fsp3) is 0.345. The number of likely N-dealkylation sites (N-methyl/N-ethyl adjacent to an activating group) is 1. The van der Waals surface area contributed by atoms with Crippen LogP contribution in [0.1, 0.15) is 35.7 Å². The number of aromatic nitrogens is 2. The number of ether oxygens (including phenoxy) is 2. The normalized spacial score (nSPS) is 28.5. The van der Waals surface area contributed by atoms with Gasteiger partial charge in [-0.3, -0.25) is 4.79 Å². The van der Waals surface area contributed by atoms with E-state index in [0.29, 0.717) is 19.4 Å². The molecule has 2 N–H and O–H groups in total. The van der Waals surface area contributed by atoms with E-state index in [1.54, 1.807) is 7.11 Å². The Bertz CT molecular complexity index is 1820. The molecule has 1 amide bonds. The average Bonchev–Trinajstić information content (AvgIpc) is 3.56. The van der Waals surface area contributed by atoms with Gasteiger partial charge in [0.25, 0.3) is 5.91 Å². The summed E-state index contributed by atoms with van der Waals surface area (Å²) < 4.78 is 18.2. The zero-order valence-electron chi connectivity index (χ0n) is 21.0. The highest BCUT2D eigenvalue weighted by atomic mass is 32.1. The molecule has 0 aliphatic carbocycles.